The molecule has 0 N–H and O–H groups in total. The summed E-state index contributed by atoms with van der Waals surface area (Å²) in [5.41, 5.74) is 5.42. The molecule has 0 bridgehead atoms. The number of fused-ring (bicyclic) bond motifs is 1. The predicted octanol–water partition coefficient (Wildman–Crippen LogP) is -0.508. The van der Waals surface area contributed by atoms with Crippen molar-refractivity contribution in [3.8, 4) is 11.1 Å². The zero-order valence-electron chi connectivity index (χ0n) is 12.9. The van der Waals surface area contributed by atoms with E-state index in [2.05, 4.69) is 68.4 Å². The van der Waals surface area contributed by atoms with Crippen molar-refractivity contribution < 1.29 is 51.0 Å². The second kappa shape index (κ2) is 9.61. The summed E-state index contributed by atoms with van der Waals surface area (Å²) < 4.78 is 0. The van der Waals surface area contributed by atoms with Crippen LogP contribution >= 0.6 is 0 Å². The SMILES string of the molecule is CCCc1cc2c(-c3ccc(C)cc3)cccc2[cH-]1.[Cl-].[Cl-].[Zr+3]. The van der Waals surface area contributed by atoms with Crippen molar-refractivity contribution in [2.45, 2.75) is 26.7 Å². The largest absolute Gasteiger partial charge is 3.00 e. The van der Waals surface area contributed by atoms with Crippen LogP contribution in [0.4, 0.5) is 0 Å². The summed E-state index contributed by atoms with van der Waals surface area (Å²) in [7, 11) is 0. The molecule has 0 aliphatic carbocycles. The molecule has 0 fully saturated rings. The van der Waals surface area contributed by atoms with Gasteiger partial charge in [0.2, 0.25) is 0 Å². The summed E-state index contributed by atoms with van der Waals surface area (Å²) in [6.45, 7) is 4.37. The van der Waals surface area contributed by atoms with Gasteiger partial charge in [-0.2, -0.15) is 6.07 Å². The molecular formula is C19H19Cl2Zr. The Hall–Kier alpha value is -0.487. The molecule has 0 spiro atoms. The molecule has 0 heterocycles. The Balaban J connectivity index is 0.00000147. The van der Waals surface area contributed by atoms with Gasteiger partial charge in [-0.1, -0.05) is 54.8 Å². The Morgan fingerprint density at radius 1 is 0.955 bits per heavy atom. The van der Waals surface area contributed by atoms with Crippen LogP contribution in [-0.2, 0) is 32.6 Å². The van der Waals surface area contributed by atoms with Gasteiger partial charge in [-0.05, 0) is 18.9 Å². The average Bonchev–Trinajstić information content (AvgIpc) is 2.82. The number of hydrogen-bond donors (Lipinski definition) is 0. The predicted molar refractivity (Wildman–Crippen MR) is 83.7 cm³/mol. The minimum atomic E-state index is 0. The van der Waals surface area contributed by atoms with E-state index < -0.39 is 0 Å². The Morgan fingerprint density at radius 2 is 1.64 bits per heavy atom. The Kier molecular flexibility index (Phi) is 9.39. The summed E-state index contributed by atoms with van der Waals surface area (Å²) in [5, 5.41) is 2.75. The second-order valence-corrected chi connectivity index (χ2v) is 5.29. The molecule has 0 unspecified atom stereocenters. The second-order valence-electron chi connectivity index (χ2n) is 5.29. The summed E-state index contributed by atoms with van der Waals surface area (Å²) in [6, 6.07) is 20.1. The maximum absolute atomic E-state index is 2.36. The van der Waals surface area contributed by atoms with E-state index >= 15 is 0 Å². The van der Waals surface area contributed by atoms with Gasteiger partial charge in [0.05, 0.1) is 0 Å². The number of benzene rings is 2. The van der Waals surface area contributed by atoms with Gasteiger partial charge in [0.25, 0.3) is 0 Å². The third kappa shape index (κ3) is 4.51. The van der Waals surface area contributed by atoms with Gasteiger partial charge in [-0.3, -0.25) is 0 Å². The quantitative estimate of drug-likeness (QED) is 0.512. The molecule has 0 atom stereocenters. The topological polar surface area (TPSA) is 0 Å². The zero-order valence-corrected chi connectivity index (χ0v) is 16.8. The first kappa shape index (κ1) is 21.5. The fourth-order valence-electron chi connectivity index (χ4n) is 2.71. The molecule has 1 radical (unpaired) electrons. The Labute approximate surface area is 164 Å². The van der Waals surface area contributed by atoms with Crippen molar-refractivity contribution in [3.05, 3.63) is 65.7 Å². The van der Waals surface area contributed by atoms with Crippen LogP contribution in [0.2, 0.25) is 0 Å². The fraction of sp³-hybridized carbons (Fsp3) is 0.211. The number of rotatable bonds is 3. The van der Waals surface area contributed by atoms with Crippen molar-refractivity contribution in [3.63, 3.8) is 0 Å². The first-order chi connectivity index (χ1) is 9.28. The van der Waals surface area contributed by atoms with Gasteiger partial charge in [-0.15, -0.1) is 34.5 Å². The fourth-order valence-corrected chi connectivity index (χ4v) is 2.71. The third-order valence-electron chi connectivity index (χ3n) is 3.71. The van der Waals surface area contributed by atoms with Crippen LogP contribution in [0.15, 0.2) is 54.6 Å². The van der Waals surface area contributed by atoms with Crippen molar-refractivity contribution in [1.82, 2.24) is 0 Å². The molecule has 113 valence electrons. The monoisotopic (exact) mass is 407 g/mol. The molecule has 0 nitrogen and oxygen atoms in total. The molecule has 3 heteroatoms. The van der Waals surface area contributed by atoms with Crippen LogP contribution in [0.5, 0.6) is 0 Å². The van der Waals surface area contributed by atoms with E-state index in [-0.39, 0.29) is 51.0 Å². The molecule has 0 saturated heterocycles. The van der Waals surface area contributed by atoms with Crippen LogP contribution in [-0.4, -0.2) is 0 Å². The summed E-state index contributed by atoms with van der Waals surface area (Å²) in [6.07, 6.45) is 2.37. The van der Waals surface area contributed by atoms with E-state index in [1.54, 1.807) is 0 Å². The van der Waals surface area contributed by atoms with E-state index in [4.69, 9.17) is 0 Å². The Morgan fingerprint density at radius 3 is 2.27 bits per heavy atom. The van der Waals surface area contributed by atoms with Crippen molar-refractivity contribution in [2.24, 2.45) is 0 Å². The third-order valence-corrected chi connectivity index (χ3v) is 3.71. The van der Waals surface area contributed by atoms with Gasteiger partial charge in [-0.25, -0.2) is 0 Å². The van der Waals surface area contributed by atoms with Crippen LogP contribution in [0, 0.1) is 6.92 Å². The maximum Gasteiger partial charge on any atom is 3.00 e. The Bertz CT molecular complexity index is 699. The van der Waals surface area contributed by atoms with E-state index in [0.717, 1.165) is 0 Å². The molecule has 0 aliphatic rings. The van der Waals surface area contributed by atoms with Crippen molar-refractivity contribution >= 4 is 10.8 Å². The normalized spacial score (nSPS) is 9.55. The summed E-state index contributed by atoms with van der Waals surface area (Å²) in [4.78, 5) is 0. The van der Waals surface area contributed by atoms with E-state index in [1.807, 2.05) is 0 Å². The van der Waals surface area contributed by atoms with Crippen molar-refractivity contribution in [1.29, 1.82) is 0 Å². The van der Waals surface area contributed by atoms with Crippen LogP contribution < -0.4 is 24.8 Å². The number of hydrogen-bond acceptors (Lipinski definition) is 0. The maximum atomic E-state index is 2.36. The molecule has 3 aromatic carbocycles. The van der Waals surface area contributed by atoms with Gasteiger partial charge in [0, 0.05) is 0 Å². The molecule has 3 aromatic rings. The van der Waals surface area contributed by atoms with Gasteiger partial charge >= 0.3 is 26.2 Å². The molecule has 22 heavy (non-hydrogen) atoms. The van der Waals surface area contributed by atoms with E-state index in [9.17, 15) is 0 Å². The first-order valence-electron chi connectivity index (χ1n) is 7.03. The van der Waals surface area contributed by atoms with Crippen molar-refractivity contribution in [2.75, 3.05) is 0 Å². The first-order valence-corrected chi connectivity index (χ1v) is 7.03. The van der Waals surface area contributed by atoms with Gasteiger partial charge in [0.15, 0.2) is 0 Å². The molecule has 0 aromatic heterocycles. The zero-order chi connectivity index (χ0) is 13.2. The number of halogens is 2. The van der Waals surface area contributed by atoms with Gasteiger partial charge < -0.3 is 24.8 Å². The van der Waals surface area contributed by atoms with E-state index in [1.165, 1.54) is 45.9 Å². The van der Waals surface area contributed by atoms with Gasteiger partial charge in [0.1, 0.15) is 0 Å². The smallest absolute Gasteiger partial charge is 1.00 e. The number of aryl methyl sites for hydroxylation is 2. The van der Waals surface area contributed by atoms with E-state index in [0.29, 0.717) is 0 Å². The minimum absolute atomic E-state index is 0. The van der Waals surface area contributed by atoms with Crippen LogP contribution in [0.1, 0.15) is 24.5 Å². The molecular weight excluding hydrogens is 390 g/mol. The molecule has 0 amide bonds. The van der Waals surface area contributed by atoms with Crippen LogP contribution in [0.25, 0.3) is 21.9 Å². The molecule has 0 aliphatic heterocycles. The minimum Gasteiger partial charge on any atom is -1.00 e. The summed E-state index contributed by atoms with van der Waals surface area (Å²) >= 11 is 0. The summed E-state index contributed by atoms with van der Waals surface area (Å²) in [5.74, 6) is 0. The molecule has 3 rings (SSSR count). The average molecular weight is 409 g/mol. The molecule has 0 saturated carbocycles. The standard InChI is InChI=1S/C19H19.2ClH.Zr/c1-3-5-15-12-17-6-4-7-18(19(17)13-15)16-10-8-14(2)9-11-16;;;/h4,6-13H,3,5H2,1-2H3;2*1H;/q-1;;;+3/p-2. The van der Waals surface area contributed by atoms with Crippen LogP contribution in [0.3, 0.4) is 0 Å².